The van der Waals surface area contributed by atoms with Gasteiger partial charge in [-0.2, -0.15) is 0 Å². The first kappa shape index (κ1) is 26.6. The van der Waals surface area contributed by atoms with Gasteiger partial charge in [0.2, 0.25) is 0 Å². The van der Waals surface area contributed by atoms with Gasteiger partial charge in [-0.25, -0.2) is 4.98 Å². The zero-order valence-electron chi connectivity index (χ0n) is 22.5. The third-order valence-electron chi connectivity index (χ3n) is 6.27. The number of nitrogens with one attached hydrogen (secondary N) is 2. The van der Waals surface area contributed by atoms with Crippen LogP contribution in [0, 0.1) is 6.92 Å². The first-order valence-electron chi connectivity index (χ1n) is 12.4. The van der Waals surface area contributed by atoms with E-state index in [9.17, 15) is 0 Å². The molecular weight excluding hydrogens is 480 g/mol. The van der Waals surface area contributed by atoms with Crippen molar-refractivity contribution in [3.05, 3.63) is 83.8 Å². The fraction of sp³-hybridized carbons (Fsp3) is 0.267. The molecule has 0 atom stereocenters. The Labute approximate surface area is 223 Å². The molecule has 4 aromatic rings. The number of aromatic nitrogens is 2. The Morgan fingerprint density at radius 3 is 2.08 bits per heavy atom. The minimum absolute atomic E-state index is 0.605. The van der Waals surface area contributed by atoms with Crippen LogP contribution in [0.25, 0.3) is 11.3 Å². The van der Waals surface area contributed by atoms with Gasteiger partial charge in [0.25, 0.3) is 0 Å². The molecule has 0 aliphatic heterocycles. The van der Waals surface area contributed by atoms with Gasteiger partial charge in [0.1, 0.15) is 5.84 Å². The summed E-state index contributed by atoms with van der Waals surface area (Å²) in [6, 6.07) is 18.1. The summed E-state index contributed by atoms with van der Waals surface area (Å²) >= 11 is 0. The Balaban J connectivity index is 1.56. The van der Waals surface area contributed by atoms with Gasteiger partial charge in [0.05, 0.1) is 46.7 Å². The zero-order valence-corrected chi connectivity index (χ0v) is 22.5. The Morgan fingerprint density at radius 1 is 0.816 bits per heavy atom. The Kier molecular flexibility index (Phi) is 8.87. The monoisotopic (exact) mass is 514 g/mol. The number of aryl methyl sites for hydroxylation is 1. The number of H-pyrrole nitrogens is 1. The van der Waals surface area contributed by atoms with E-state index < -0.39 is 0 Å². The van der Waals surface area contributed by atoms with Gasteiger partial charge >= 0.3 is 0 Å². The van der Waals surface area contributed by atoms with Gasteiger partial charge in [-0.1, -0.05) is 18.2 Å². The number of imidazole rings is 1. The van der Waals surface area contributed by atoms with Crippen molar-refractivity contribution >= 4 is 11.5 Å². The number of aliphatic imine (C=N–C) groups is 1. The van der Waals surface area contributed by atoms with Crippen molar-refractivity contribution in [2.75, 3.05) is 40.3 Å². The molecule has 0 saturated heterocycles. The molecule has 0 aliphatic carbocycles. The van der Waals surface area contributed by atoms with Crippen molar-refractivity contribution in [2.45, 2.75) is 19.8 Å². The number of rotatable bonds is 11. The fourth-order valence-electron chi connectivity index (χ4n) is 4.29. The second-order valence-corrected chi connectivity index (χ2v) is 8.75. The van der Waals surface area contributed by atoms with Gasteiger partial charge in [0.15, 0.2) is 23.0 Å². The number of hydrogen-bond donors (Lipinski definition) is 2. The summed E-state index contributed by atoms with van der Waals surface area (Å²) < 4.78 is 21.7. The first-order valence-corrected chi connectivity index (χ1v) is 12.4. The van der Waals surface area contributed by atoms with E-state index in [-0.39, 0.29) is 0 Å². The van der Waals surface area contributed by atoms with Crippen LogP contribution in [0.5, 0.6) is 23.0 Å². The van der Waals surface area contributed by atoms with Gasteiger partial charge < -0.3 is 29.2 Å². The molecule has 198 valence electrons. The SMILES string of the molecule is COc1ccc(CCN=C(Cc2ccc(OC)c(OC)c2)Nc2ccc(-c3cnc[nH]3)c(C)c2)cc1OC. The minimum atomic E-state index is 0.605. The number of ether oxygens (including phenoxy) is 4. The Hall–Kier alpha value is -4.46. The third-order valence-corrected chi connectivity index (χ3v) is 6.27. The molecule has 0 aliphatic rings. The summed E-state index contributed by atoms with van der Waals surface area (Å²) in [5.41, 5.74) is 6.39. The molecule has 4 rings (SSSR count). The lowest BCUT2D eigenvalue weighted by Crippen LogP contribution is -2.16. The average molecular weight is 515 g/mol. The summed E-state index contributed by atoms with van der Waals surface area (Å²) in [6.07, 6.45) is 4.88. The van der Waals surface area contributed by atoms with Crippen molar-refractivity contribution in [1.82, 2.24) is 9.97 Å². The van der Waals surface area contributed by atoms with Crippen LogP contribution in [-0.4, -0.2) is 50.8 Å². The Morgan fingerprint density at radius 2 is 1.47 bits per heavy atom. The number of methoxy groups -OCH3 is 4. The molecule has 0 unspecified atom stereocenters. The van der Waals surface area contributed by atoms with Crippen LogP contribution in [0.15, 0.2) is 72.1 Å². The number of anilines is 1. The van der Waals surface area contributed by atoms with E-state index in [0.717, 1.165) is 45.9 Å². The van der Waals surface area contributed by atoms with Crippen LogP contribution < -0.4 is 24.3 Å². The van der Waals surface area contributed by atoms with Crippen molar-refractivity contribution in [3.8, 4) is 34.3 Å². The molecule has 0 fully saturated rings. The quantitative estimate of drug-likeness (QED) is 0.197. The largest absolute Gasteiger partial charge is 0.493 e. The summed E-state index contributed by atoms with van der Waals surface area (Å²) in [5.74, 6) is 3.66. The molecule has 3 aromatic carbocycles. The number of hydrogen-bond acceptors (Lipinski definition) is 6. The second kappa shape index (κ2) is 12.7. The third kappa shape index (κ3) is 6.45. The summed E-state index contributed by atoms with van der Waals surface area (Å²) in [7, 11) is 6.55. The molecule has 0 spiro atoms. The molecule has 1 heterocycles. The second-order valence-electron chi connectivity index (χ2n) is 8.75. The van der Waals surface area contributed by atoms with E-state index in [1.165, 1.54) is 0 Å². The van der Waals surface area contributed by atoms with Crippen LogP contribution in [-0.2, 0) is 12.8 Å². The lowest BCUT2D eigenvalue weighted by Gasteiger charge is -2.14. The van der Waals surface area contributed by atoms with Crippen LogP contribution in [0.1, 0.15) is 16.7 Å². The molecule has 8 nitrogen and oxygen atoms in total. The van der Waals surface area contributed by atoms with Crippen molar-refractivity contribution < 1.29 is 18.9 Å². The van der Waals surface area contributed by atoms with Gasteiger partial charge in [-0.05, 0) is 66.4 Å². The van der Waals surface area contributed by atoms with E-state index in [4.69, 9.17) is 23.9 Å². The fourth-order valence-corrected chi connectivity index (χ4v) is 4.29. The average Bonchev–Trinajstić information content (AvgIpc) is 3.47. The first-order chi connectivity index (χ1) is 18.5. The molecule has 0 saturated carbocycles. The number of aromatic amines is 1. The highest BCUT2D eigenvalue weighted by molar-refractivity contribution is 5.97. The molecule has 0 radical (unpaired) electrons. The van der Waals surface area contributed by atoms with Crippen LogP contribution in [0.2, 0.25) is 0 Å². The van der Waals surface area contributed by atoms with E-state index in [0.29, 0.717) is 36.0 Å². The lowest BCUT2D eigenvalue weighted by atomic mass is 10.1. The maximum Gasteiger partial charge on any atom is 0.161 e. The number of benzene rings is 3. The topological polar surface area (TPSA) is 90.0 Å². The van der Waals surface area contributed by atoms with Crippen molar-refractivity contribution in [3.63, 3.8) is 0 Å². The molecular formula is C30H34N4O4. The summed E-state index contributed by atoms with van der Waals surface area (Å²) in [6.45, 7) is 2.69. The maximum atomic E-state index is 5.51. The predicted octanol–water partition coefficient (Wildman–Crippen LogP) is 5.72. The van der Waals surface area contributed by atoms with Crippen LogP contribution in [0.4, 0.5) is 5.69 Å². The molecule has 38 heavy (non-hydrogen) atoms. The molecule has 8 heteroatoms. The molecule has 1 aromatic heterocycles. The summed E-state index contributed by atoms with van der Waals surface area (Å²) in [5, 5.41) is 3.54. The van der Waals surface area contributed by atoms with Gasteiger partial charge in [-0.15, -0.1) is 0 Å². The number of amidine groups is 1. The van der Waals surface area contributed by atoms with E-state index in [2.05, 4.69) is 40.4 Å². The lowest BCUT2D eigenvalue weighted by molar-refractivity contribution is 0.354. The smallest absolute Gasteiger partial charge is 0.161 e. The molecule has 0 bridgehead atoms. The normalized spacial score (nSPS) is 11.2. The highest BCUT2D eigenvalue weighted by Crippen LogP contribution is 2.29. The standard InChI is InChI=1S/C30H34N4O4/c1-20-14-23(8-9-24(20)25-18-31-19-33-25)34-30(17-22-7-11-27(36-3)29(16-22)38-5)32-13-12-21-6-10-26(35-2)28(15-21)37-4/h6-11,14-16,18-19H,12-13,17H2,1-5H3,(H,31,33)(H,32,34). The van der Waals surface area contributed by atoms with E-state index in [1.807, 2.05) is 42.6 Å². The van der Waals surface area contributed by atoms with Crippen molar-refractivity contribution in [1.29, 1.82) is 0 Å². The molecule has 0 amide bonds. The van der Waals surface area contributed by atoms with Crippen LogP contribution >= 0.6 is 0 Å². The molecule has 2 N–H and O–H groups in total. The van der Waals surface area contributed by atoms with E-state index in [1.54, 1.807) is 34.8 Å². The predicted molar refractivity (Wildman–Crippen MR) is 151 cm³/mol. The minimum Gasteiger partial charge on any atom is -0.493 e. The zero-order chi connectivity index (χ0) is 26.9. The van der Waals surface area contributed by atoms with Crippen molar-refractivity contribution in [2.24, 2.45) is 4.99 Å². The summed E-state index contributed by atoms with van der Waals surface area (Å²) in [4.78, 5) is 12.3. The maximum absolute atomic E-state index is 5.51. The van der Waals surface area contributed by atoms with Gasteiger partial charge in [-0.3, -0.25) is 4.99 Å². The number of nitrogens with zero attached hydrogens (tertiary/aromatic N) is 2. The van der Waals surface area contributed by atoms with Crippen LogP contribution in [0.3, 0.4) is 0 Å². The van der Waals surface area contributed by atoms with Gasteiger partial charge in [0, 0.05) is 24.2 Å². The Bertz CT molecular complexity index is 1380. The highest BCUT2D eigenvalue weighted by atomic mass is 16.5. The highest BCUT2D eigenvalue weighted by Gasteiger charge is 2.10. The van der Waals surface area contributed by atoms with E-state index >= 15 is 0 Å².